The number of hydrogen-bond donors (Lipinski definition) is 1. The van der Waals surface area contributed by atoms with Gasteiger partial charge in [0, 0.05) is 5.69 Å². The lowest BCUT2D eigenvalue weighted by Crippen LogP contribution is -2.32. The Bertz CT molecular complexity index is 759. The minimum Gasteiger partial charge on any atom is -0.493 e. The lowest BCUT2D eigenvalue weighted by atomic mass is 10.2. The highest BCUT2D eigenvalue weighted by Gasteiger charge is 2.20. The molecule has 0 saturated carbocycles. The van der Waals surface area contributed by atoms with Gasteiger partial charge in [-0.2, -0.15) is 0 Å². The first kappa shape index (κ1) is 19.3. The summed E-state index contributed by atoms with van der Waals surface area (Å²) in [7, 11) is 1.55. The van der Waals surface area contributed by atoms with Crippen LogP contribution in [0.3, 0.4) is 0 Å². The molecule has 138 valence electrons. The number of carbonyl (C=O) groups excluding carboxylic acids is 2. The summed E-state index contributed by atoms with van der Waals surface area (Å²) in [5.41, 5.74) is 0.881. The van der Waals surface area contributed by atoms with Gasteiger partial charge < -0.3 is 19.5 Å². The third-order valence-corrected chi connectivity index (χ3v) is 3.64. The van der Waals surface area contributed by atoms with Gasteiger partial charge in [0.1, 0.15) is 0 Å². The fourth-order valence-electron chi connectivity index (χ4n) is 2.35. The molecule has 2 rings (SSSR count). The number of ether oxygens (including phenoxy) is 3. The van der Waals surface area contributed by atoms with Crippen LogP contribution in [-0.4, -0.2) is 31.7 Å². The molecule has 0 spiro atoms. The summed E-state index contributed by atoms with van der Waals surface area (Å²) in [6.07, 6.45) is -0.223. The van der Waals surface area contributed by atoms with Crippen LogP contribution in [0.2, 0.25) is 0 Å². The average molecular weight is 357 g/mol. The number of nitrogens with one attached hydrogen (secondary N) is 1. The van der Waals surface area contributed by atoms with E-state index in [9.17, 15) is 9.59 Å². The highest BCUT2D eigenvalue weighted by molar-refractivity contribution is 5.96. The zero-order valence-corrected chi connectivity index (χ0v) is 15.2. The van der Waals surface area contributed by atoms with Gasteiger partial charge in [0.2, 0.25) is 0 Å². The van der Waals surface area contributed by atoms with Crippen molar-refractivity contribution >= 4 is 17.6 Å². The average Bonchev–Trinajstić information content (AvgIpc) is 2.66. The molecule has 0 heterocycles. The number of hydrogen-bond acceptors (Lipinski definition) is 5. The highest BCUT2D eigenvalue weighted by Crippen LogP contribution is 2.27. The molecule has 0 fully saturated rings. The predicted octanol–water partition coefficient (Wildman–Crippen LogP) is 3.67. The number of methoxy groups -OCH3 is 1. The summed E-state index contributed by atoms with van der Waals surface area (Å²) < 4.78 is 16.0. The fourth-order valence-corrected chi connectivity index (χ4v) is 2.35. The van der Waals surface area contributed by atoms with Crippen molar-refractivity contribution in [1.82, 2.24) is 0 Å². The van der Waals surface area contributed by atoms with Crippen molar-refractivity contribution in [3.63, 3.8) is 0 Å². The Hall–Kier alpha value is -3.02. The molecule has 0 aromatic heterocycles. The van der Waals surface area contributed by atoms with Gasteiger partial charge >= 0.3 is 5.97 Å². The van der Waals surface area contributed by atoms with E-state index < -0.39 is 12.1 Å². The summed E-state index contributed by atoms with van der Waals surface area (Å²) in [4.78, 5) is 24.4. The molecule has 0 aliphatic rings. The molecule has 2 aromatic rings. The second-order valence-corrected chi connectivity index (χ2v) is 5.46. The van der Waals surface area contributed by atoms with Crippen LogP contribution < -0.4 is 14.8 Å². The lowest BCUT2D eigenvalue weighted by molar-refractivity contribution is -0.122. The molecule has 2 aromatic carbocycles. The van der Waals surface area contributed by atoms with Crippen molar-refractivity contribution in [3.8, 4) is 11.5 Å². The smallest absolute Gasteiger partial charge is 0.338 e. The molecular weight excluding hydrogens is 334 g/mol. The SMILES string of the molecule is CCOC(=O)c1cccc(NC(=O)[C@@H](CC)Oc2ccccc2OC)c1. The highest BCUT2D eigenvalue weighted by atomic mass is 16.5. The van der Waals surface area contributed by atoms with Gasteiger partial charge in [0.25, 0.3) is 5.91 Å². The van der Waals surface area contributed by atoms with Crippen molar-refractivity contribution in [2.75, 3.05) is 19.0 Å². The van der Waals surface area contributed by atoms with Crippen molar-refractivity contribution in [2.45, 2.75) is 26.4 Å². The van der Waals surface area contributed by atoms with Crippen LogP contribution in [0.15, 0.2) is 48.5 Å². The van der Waals surface area contributed by atoms with E-state index in [0.29, 0.717) is 35.8 Å². The van der Waals surface area contributed by atoms with E-state index in [2.05, 4.69) is 5.32 Å². The van der Waals surface area contributed by atoms with Gasteiger partial charge in [-0.15, -0.1) is 0 Å². The maximum Gasteiger partial charge on any atom is 0.338 e. The van der Waals surface area contributed by atoms with Gasteiger partial charge in [-0.1, -0.05) is 25.1 Å². The quantitative estimate of drug-likeness (QED) is 0.730. The molecule has 0 radical (unpaired) electrons. The summed E-state index contributed by atoms with van der Waals surface area (Å²) >= 11 is 0. The third kappa shape index (κ3) is 4.99. The topological polar surface area (TPSA) is 73.9 Å². The van der Waals surface area contributed by atoms with Crippen LogP contribution in [0.1, 0.15) is 30.6 Å². The number of para-hydroxylation sites is 2. The molecule has 6 nitrogen and oxygen atoms in total. The van der Waals surface area contributed by atoms with Crippen LogP contribution in [0.25, 0.3) is 0 Å². The number of esters is 1. The van der Waals surface area contributed by atoms with Crippen LogP contribution in [0, 0.1) is 0 Å². The molecule has 0 unspecified atom stereocenters. The molecule has 1 N–H and O–H groups in total. The van der Waals surface area contributed by atoms with E-state index >= 15 is 0 Å². The number of amides is 1. The van der Waals surface area contributed by atoms with Gasteiger partial charge in [-0.25, -0.2) is 4.79 Å². The molecule has 0 saturated heterocycles. The molecule has 0 aliphatic carbocycles. The monoisotopic (exact) mass is 357 g/mol. The van der Waals surface area contributed by atoms with Crippen LogP contribution in [0.5, 0.6) is 11.5 Å². The maximum absolute atomic E-state index is 12.6. The predicted molar refractivity (Wildman–Crippen MR) is 98.7 cm³/mol. The summed E-state index contributed by atoms with van der Waals surface area (Å²) in [6.45, 7) is 3.89. The van der Waals surface area contributed by atoms with E-state index in [1.54, 1.807) is 50.4 Å². The van der Waals surface area contributed by atoms with Crippen molar-refractivity contribution < 1.29 is 23.8 Å². The number of rotatable bonds is 8. The zero-order valence-electron chi connectivity index (χ0n) is 15.2. The first-order chi connectivity index (χ1) is 12.6. The largest absolute Gasteiger partial charge is 0.493 e. The normalized spacial score (nSPS) is 11.3. The number of carbonyl (C=O) groups is 2. The zero-order chi connectivity index (χ0) is 18.9. The molecular formula is C20H23NO5. The Labute approximate surface area is 153 Å². The van der Waals surface area contributed by atoms with E-state index in [0.717, 1.165) is 0 Å². The van der Waals surface area contributed by atoms with E-state index in [1.165, 1.54) is 0 Å². The second kappa shape index (κ2) is 9.46. The summed E-state index contributed by atoms with van der Waals surface area (Å²) in [5, 5.41) is 2.78. The van der Waals surface area contributed by atoms with Gasteiger partial charge in [-0.3, -0.25) is 4.79 Å². The molecule has 1 atom stereocenters. The Balaban J connectivity index is 2.09. The minimum atomic E-state index is -0.697. The van der Waals surface area contributed by atoms with E-state index in [-0.39, 0.29) is 5.91 Å². The first-order valence-corrected chi connectivity index (χ1v) is 8.46. The molecule has 1 amide bonds. The fraction of sp³-hybridized carbons (Fsp3) is 0.300. The Kier molecular flexibility index (Phi) is 7.02. The lowest BCUT2D eigenvalue weighted by Gasteiger charge is -2.19. The van der Waals surface area contributed by atoms with E-state index in [1.807, 2.05) is 19.1 Å². The number of anilines is 1. The third-order valence-electron chi connectivity index (χ3n) is 3.64. The molecule has 0 bridgehead atoms. The Morgan fingerprint density at radius 2 is 1.77 bits per heavy atom. The standard InChI is InChI=1S/C20H23NO5/c1-4-16(26-18-12-7-6-11-17(18)24-3)19(22)21-15-10-8-9-14(13-15)20(23)25-5-2/h6-13,16H,4-5H2,1-3H3,(H,21,22)/t16-/m1/s1. The van der Waals surface area contributed by atoms with E-state index in [4.69, 9.17) is 14.2 Å². The van der Waals surface area contributed by atoms with Crippen LogP contribution >= 0.6 is 0 Å². The van der Waals surface area contributed by atoms with Gasteiger partial charge in [-0.05, 0) is 43.7 Å². The minimum absolute atomic E-state index is 0.292. The van der Waals surface area contributed by atoms with Crippen molar-refractivity contribution in [3.05, 3.63) is 54.1 Å². The molecule has 26 heavy (non-hydrogen) atoms. The second-order valence-electron chi connectivity index (χ2n) is 5.46. The van der Waals surface area contributed by atoms with Crippen molar-refractivity contribution in [1.29, 1.82) is 0 Å². The Morgan fingerprint density at radius 3 is 2.42 bits per heavy atom. The van der Waals surface area contributed by atoms with Crippen molar-refractivity contribution in [2.24, 2.45) is 0 Å². The molecule has 0 aliphatic heterocycles. The molecule has 6 heteroatoms. The van der Waals surface area contributed by atoms with Gasteiger partial charge in [0.05, 0.1) is 19.3 Å². The Morgan fingerprint density at radius 1 is 1.04 bits per heavy atom. The summed E-state index contributed by atoms with van der Waals surface area (Å²) in [5.74, 6) is 0.320. The van der Waals surface area contributed by atoms with Crippen LogP contribution in [0.4, 0.5) is 5.69 Å². The first-order valence-electron chi connectivity index (χ1n) is 8.46. The van der Waals surface area contributed by atoms with Gasteiger partial charge in [0.15, 0.2) is 17.6 Å². The maximum atomic E-state index is 12.6. The summed E-state index contributed by atoms with van der Waals surface area (Å²) in [6, 6.07) is 13.8. The number of benzene rings is 2. The van der Waals surface area contributed by atoms with Crippen LogP contribution in [-0.2, 0) is 9.53 Å².